The Morgan fingerprint density at radius 2 is 1.73 bits per heavy atom. The Bertz CT molecular complexity index is 973. The van der Waals surface area contributed by atoms with Crippen molar-refractivity contribution in [3.05, 3.63) is 89.7 Å². The summed E-state index contributed by atoms with van der Waals surface area (Å²) in [4.78, 5) is 4.17. The molecule has 2 aromatic carbocycles. The molecule has 0 aliphatic heterocycles. The van der Waals surface area contributed by atoms with E-state index in [-0.39, 0.29) is 5.92 Å². The quantitative estimate of drug-likeness (QED) is 0.486. The highest BCUT2D eigenvalue weighted by Crippen LogP contribution is 2.47. The molecule has 30 heavy (non-hydrogen) atoms. The lowest BCUT2D eigenvalue weighted by atomic mass is 9.86. The summed E-state index contributed by atoms with van der Waals surface area (Å²) in [6.45, 7) is 0. The number of benzene rings is 2. The average molecular weight is 400 g/mol. The Morgan fingerprint density at radius 3 is 2.43 bits per heavy atom. The first-order valence-electron chi connectivity index (χ1n) is 11.1. The van der Waals surface area contributed by atoms with E-state index in [1.165, 1.54) is 42.4 Å². The lowest BCUT2D eigenvalue weighted by molar-refractivity contribution is 0.133. The Labute approximate surface area is 179 Å². The van der Waals surface area contributed by atoms with Gasteiger partial charge in [-0.1, -0.05) is 36.4 Å². The van der Waals surface area contributed by atoms with Crippen LogP contribution in [0.2, 0.25) is 0 Å². The maximum Gasteiger partial charge on any atom is 0.161 e. The summed E-state index contributed by atoms with van der Waals surface area (Å²) in [5.74, 6) is 3.55. The number of ether oxygens (including phenoxy) is 2. The van der Waals surface area contributed by atoms with Gasteiger partial charge >= 0.3 is 0 Å². The smallest absolute Gasteiger partial charge is 0.161 e. The standard InChI is InChI=1S/C27H29NO2/c1-29-25-10-9-22(18-27(25)30-26-17-20-7-8-23(26)15-20)24(21-5-3-2-4-6-21)16-19-11-13-28-14-12-19/h2-6,9-14,18,20,23-24,26H,7-8,15-17H2,1H3. The zero-order chi connectivity index (χ0) is 20.3. The molecule has 2 saturated carbocycles. The second-order valence-corrected chi connectivity index (χ2v) is 8.76. The van der Waals surface area contributed by atoms with Crippen LogP contribution in [0, 0.1) is 11.8 Å². The third-order valence-corrected chi connectivity index (χ3v) is 6.93. The van der Waals surface area contributed by atoms with Crippen LogP contribution in [0.3, 0.4) is 0 Å². The van der Waals surface area contributed by atoms with Gasteiger partial charge in [0.25, 0.3) is 0 Å². The fourth-order valence-corrected chi connectivity index (χ4v) is 5.36. The molecule has 2 bridgehead atoms. The lowest BCUT2D eigenvalue weighted by Crippen LogP contribution is -2.23. The molecule has 3 nitrogen and oxygen atoms in total. The van der Waals surface area contributed by atoms with Gasteiger partial charge in [-0.25, -0.2) is 0 Å². The zero-order valence-corrected chi connectivity index (χ0v) is 17.5. The number of aromatic nitrogens is 1. The highest BCUT2D eigenvalue weighted by atomic mass is 16.5. The number of methoxy groups -OCH3 is 1. The van der Waals surface area contributed by atoms with Crippen LogP contribution < -0.4 is 9.47 Å². The van der Waals surface area contributed by atoms with E-state index in [2.05, 4.69) is 65.6 Å². The molecule has 0 N–H and O–H groups in total. The minimum absolute atomic E-state index is 0.252. The van der Waals surface area contributed by atoms with Gasteiger partial charge in [-0.05, 0) is 84.9 Å². The van der Waals surface area contributed by atoms with Gasteiger partial charge in [0.15, 0.2) is 11.5 Å². The Balaban J connectivity index is 1.47. The van der Waals surface area contributed by atoms with Crippen LogP contribution in [-0.4, -0.2) is 18.2 Å². The monoisotopic (exact) mass is 399 g/mol. The topological polar surface area (TPSA) is 31.4 Å². The number of fused-ring (bicyclic) bond motifs is 2. The SMILES string of the molecule is COc1ccc(C(Cc2ccncc2)c2ccccc2)cc1OC1CC2CCC1C2. The molecule has 0 spiro atoms. The van der Waals surface area contributed by atoms with Gasteiger partial charge in [-0.2, -0.15) is 0 Å². The van der Waals surface area contributed by atoms with Crippen LogP contribution >= 0.6 is 0 Å². The first kappa shape index (κ1) is 19.2. The second-order valence-electron chi connectivity index (χ2n) is 8.76. The van der Waals surface area contributed by atoms with Crippen molar-refractivity contribution in [3.8, 4) is 11.5 Å². The zero-order valence-electron chi connectivity index (χ0n) is 17.5. The third kappa shape index (κ3) is 3.94. The van der Waals surface area contributed by atoms with E-state index in [0.717, 1.165) is 23.8 Å². The first-order chi connectivity index (χ1) is 14.8. The summed E-state index contributed by atoms with van der Waals surface area (Å²) in [6, 6.07) is 21.4. The summed E-state index contributed by atoms with van der Waals surface area (Å²) >= 11 is 0. The van der Waals surface area contributed by atoms with E-state index in [1.807, 2.05) is 12.4 Å². The van der Waals surface area contributed by atoms with Crippen LogP contribution in [0.4, 0.5) is 0 Å². The van der Waals surface area contributed by atoms with Gasteiger partial charge in [0.05, 0.1) is 7.11 Å². The Morgan fingerprint density at radius 1 is 0.900 bits per heavy atom. The number of hydrogen-bond donors (Lipinski definition) is 0. The van der Waals surface area contributed by atoms with Gasteiger partial charge in [0.1, 0.15) is 6.10 Å². The van der Waals surface area contributed by atoms with E-state index >= 15 is 0 Å². The van der Waals surface area contributed by atoms with Crippen molar-refractivity contribution in [1.29, 1.82) is 0 Å². The normalized spacial score (nSPS) is 23.3. The molecular formula is C27H29NO2. The maximum absolute atomic E-state index is 6.57. The van der Waals surface area contributed by atoms with E-state index in [4.69, 9.17) is 9.47 Å². The van der Waals surface area contributed by atoms with Crippen molar-refractivity contribution in [1.82, 2.24) is 4.98 Å². The summed E-state index contributed by atoms with van der Waals surface area (Å²) in [5, 5.41) is 0. The largest absolute Gasteiger partial charge is 0.493 e. The van der Waals surface area contributed by atoms with Crippen molar-refractivity contribution in [2.24, 2.45) is 11.8 Å². The van der Waals surface area contributed by atoms with Crippen molar-refractivity contribution in [3.63, 3.8) is 0 Å². The lowest BCUT2D eigenvalue weighted by Gasteiger charge is -2.25. The second kappa shape index (κ2) is 8.51. The van der Waals surface area contributed by atoms with Crippen molar-refractivity contribution in [2.75, 3.05) is 7.11 Å². The van der Waals surface area contributed by atoms with Crippen LogP contribution in [0.25, 0.3) is 0 Å². The van der Waals surface area contributed by atoms with Gasteiger partial charge < -0.3 is 9.47 Å². The molecule has 4 unspecified atom stereocenters. The summed E-state index contributed by atoms with van der Waals surface area (Å²) in [5.41, 5.74) is 3.85. The van der Waals surface area contributed by atoms with Gasteiger partial charge in [-0.3, -0.25) is 4.98 Å². The molecule has 0 radical (unpaired) electrons. The van der Waals surface area contributed by atoms with Crippen molar-refractivity contribution < 1.29 is 9.47 Å². The third-order valence-electron chi connectivity index (χ3n) is 6.93. The minimum Gasteiger partial charge on any atom is -0.493 e. The molecule has 2 aliphatic rings. The molecule has 3 aromatic rings. The van der Waals surface area contributed by atoms with Gasteiger partial charge in [0.2, 0.25) is 0 Å². The van der Waals surface area contributed by atoms with Gasteiger partial charge in [0, 0.05) is 18.3 Å². The fourth-order valence-electron chi connectivity index (χ4n) is 5.36. The summed E-state index contributed by atoms with van der Waals surface area (Å²) in [6.07, 6.45) is 10.2. The van der Waals surface area contributed by atoms with E-state index in [9.17, 15) is 0 Å². The molecule has 2 fully saturated rings. The number of rotatable bonds is 7. The highest BCUT2D eigenvalue weighted by molar-refractivity contribution is 5.47. The molecule has 154 valence electrons. The highest BCUT2D eigenvalue weighted by Gasteiger charge is 2.41. The number of nitrogens with zero attached hydrogens (tertiary/aromatic N) is 1. The molecular weight excluding hydrogens is 370 g/mol. The van der Waals surface area contributed by atoms with Crippen LogP contribution in [-0.2, 0) is 6.42 Å². The van der Waals surface area contributed by atoms with Crippen LogP contribution in [0.1, 0.15) is 48.3 Å². The molecule has 4 atom stereocenters. The molecule has 1 aromatic heterocycles. The molecule has 1 heterocycles. The van der Waals surface area contributed by atoms with Crippen molar-refractivity contribution >= 4 is 0 Å². The van der Waals surface area contributed by atoms with E-state index in [1.54, 1.807) is 7.11 Å². The molecule has 2 aliphatic carbocycles. The van der Waals surface area contributed by atoms with Crippen LogP contribution in [0.15, 0.2) is 73.1 Å². The molecule has 3 heteroatoms. The summed E-state index contributed by atoms with van der Waals surface area (Å²) < 4.78 is 12.2. The number of hydrogen-bond acceptors (Lipinski definition) is 3. The van der Waals surface area contributed by atoms with Crippen LogP contribution in [0.5, 0.6) is 11.5 Å². The fraction of sp³-hybridized carbons (Fsp3) is 0.370. The minimum atomic E-state index is 0.252. The molecule has 5 rings (SSSR count). The van der Waals surface area contributed by atoms with Gasteiger partial charge in [-0.15, -0.1) is 0 Å². The Hall–Kier alpha value is -2.81. The average Bonchev–Trinajstić information content (AvgIpc) is 3.42. The molecule has 0 saturated heterocycles. The molecule has 0 amide bonds. The maximum atomic E-state index is 6.57. The Kier molecular flexibility index (Phi) is 5.44. The van der Waals surface area contributed by atoms with E-state index < -0.39 is 0 Å². The first-order valence-corrected chi connectivity index (χ1v) is 11.1. The number of pyridine rings is 1. The summed E-state index contributed by atoms with van der Waals surface area (Å²) in [7, 11) is 1.73. The van der Waals surface area contributed by atoms with E-state index in [0.29, 0.717) is 12.0 Å². The van der Waals surface area contributed by atoms with Crippen molar-refractivity contribution in [2.45, 2.75) is 44.1 Å². The predicted molar refractivity (Wildman–Crippen MR) is 119 cm³/mol. The predicted octanol–water partition coefficient (Wildman–Crippen LogP) is 6.03.